The number of benzene rings is 3. The van der Waals surface area contributed by atoms with E-state index >= 15 is 0 Å². The average Bonchev–Trinajstić information content (AvgIpc) is 0.763. The fourth-order valence-corrected chi connectivity index (χ4v) is 14.0. The Balaban J connectivity index is 1.58. The van der Waals surface area contributed by atoms with Crippen molar-refractivity contribution in [2.24, 2.45) is 11.8 Å². The number of carboxylic acids is 3. The Labute approximate surface area is 568 Å². The van der Waals surface area contributed by atoms with E-state index in [-0.39, 0.29) is 65.4 Å². The first kappa shape index (κ1) is 79.2. The maximum absolute atomic E-state index is 13.9. The predicted molar refractivity (Wildman–Crippen MR) is 351 cm³/mol. The van der Waals surface area contributed by atoms with E-state index in [0.717, 1.165) is 0 Å². The van der Waals surface area contributed by atoms with Gasteiger partial charge in [-0.25, -0.2) is 14.4 Å². The van der Waals surface area contributed by atoms with E-state index in [2.05, 4.69) is 0 Å². The molecular weight excluding hydrogens is 1290 g/mol. The first-order valence-electron chi connectivity index (χ1n) is 31.9. The Morgan fingerprint density at radius 2 is 0.862 bits per heavy atom. The van der Waals surface area contributed by atoms with Gasteiger partial charge in [0.05, 0.1) is 120 Å². The van der Waals surface area contributed by atoms with Gasteiger partial charge in [0, 0.05) is 54.3 Å². The number of aliphatic hydroxyl groups excluding tert-OH is 6. The number of aliphatic carboxylic acids is 3. The summed E-state index contributed by atoms with van der Waals surface area (Å²) in [6.07, 6.45) is -17.3. The van der Waals surface area contributed by atoms with E-state index in [1.165, 1.54) is 0 Å². The van der Waals surface area contributed by atoms with Crippen LogP contribution in [-0.4, -0.2) is 332 Å². The van der Waals surface area contributed by atoms with Gasteiger partial charge in [0.25, 0.3) is 0 Å². The summed E-state index contributed by atoms with van der Waals surface area (Å²) in [6, 6.07) is 17.8. The highest BCUT2D eigenvalue weighted by molar-refractivity contribution is 6.32. The predicted octanol–water partition coefficient (Wildman–Crippen LogP) is 2.45. The molecule has 0 aromatic heterocycles. The number of rotatable bonds is 37. The number of carbonyl (C=O) groups is 3. The number of likely N-dealkylation sites (N-methyl/N-ethyl adjacent to an activating group) is 3. The zero-order chi connectivity index (χ0) is 69.6. The molecule has 3 aliphatic rings. The molecule has 94 heavy (non-hydrogen) atoms. The Hall–Kier alpha value is -3.82. The molecule has 3 unspecified atom stereocenters. The molecule has 0 amide bonds. The molecular formula is C66H104Cl3N6O19+3. The van der Waals surface area contributed by atoms with Crippen molar-refractivity contribution in [3.63, 3.8) is 0 Å². The quantitative estimate of drug-likeness (QED) is 0.0375. The fourth-order valence-electron chi connectivity index (χ4n) is 13.4. The highest BCUT2D eigenvalue weighted by Crippen LogP contribution is 2.41. The van der Waals surface area contributed by atoms with Crippen LogP contribution in [0.5, 0.6) is 0 Å². The van der Waals surface area contributed by atoms with E-state index in [9.17, 15) is 60.3 Å². The summed E-state index contributed by atoms with van der Waals surface area (Å²) in [7, 11) is 17.3. The highest BCUT2D eigenvalue weighted by atomic mass is 35.5. The second-order valence-corrected chi connectivity index (χ2v) is 29.9. The van der Waals surface area contributed by atoms with E-state index < -0.39 is 160 Å². The number of nitrogens with zero attached hydrogens (tertiary/aromatic N) is 6. The summed E-state index contributed by atoms with van der Waals surface area (Å²) in [5, 5.41) is 107. The molecule has 25 nitrogen and oxygen atoms in total. The van der Waals surface area contributed by atoms with Crippen molar-refractivity contribution >= 4 is 52.7 Å². The molecule has 18 atom stereocenters. The van der Waals surface area contributed by atoms with E-state index in [1.807, 2.05) is 104 Å². The maximum atomic E-state index is 13.9. The third-order valence-corrected chi connectivity index (χ3v) is 18.3. The molecule has 3 aromatic carbocycles. The van der Waals surface area contributed by atoms with Gasteiger partial charge in [-0.3, -0.25) is 14.7 Å². The van der Waals surface area contributed by atoms with Crippen LogP contribution >= 0.6 is 34.8 Å². The molecule has 1 aliphatic carbocycles. The smallest absolute Gasteiger partial charge is 0.329 e. The highest BCUT2D eigenvalue weighted by Gasteiger charge is 2.56. The minimum absolute atomic E-state index is 0.00506. The number of halogens is 3. The van der Waals surface area contributed by atoms with Crippen molar-refractivity contribution in [2.75, 3.05) is 142 Å². The Morgan fingerprint density at radius 1 is 0.511 bits per heavy atom. The van der Waals surface area contributed by atoms with Gasteiger partial charge in [0.1, 0.15) is 94.4 Å². The number of quaternary nitrogens is 3. The fraction of sp³-hybridized carbons (Fsp3) is 0.682. The SMILES string of the molecule is C[C@@H]1[C@@H](COCC(=O)O)C[C@@H](O[C@H]2[C@H](O)[C@@H](N(Cc3ccccc3Cl)CC(O)C[N+](C)(C)C)[C@H](O[C@H]3[C@H](O)[C@@H](N(Cc4ccccc4Cl)CC(O)C[N+](C)(C)C)[C@H](C)O[C@@H]3COCC(=O)O)O[C@@H]2COCC(=O)O)[C@H](N(Cc2ccccc2Cl)CC(O)C[N+](C)(C)C)[C@H]1O. The van der Waals surface area contributed by atoms with Gasteiger partial charge in [-0.2, -0.15) is 0 Å². The molecule has 0 bridgehead atoms. The van der Waals surface area contributed by atoms with Crippen molar-refractivity contribution in [1.82, 2.24) is 14.7 Å². The van der Waals surface area contributed by atoms with Crippen LogP contribution in [0.15, 0.2) is 72.8 Å². The maximum Gasteiger partial charge on any atom is 0.329 e. The molecule has 1 saturated carbocycles. The molecule has 2 saturated heterocycles. The van der Waals surface area contributed by atoms with Crippen LogP contribution in [0.2, 0.25) is 15.1 Å². The largest absolute Gasteiger partial charge is 0.480 e. The van der Waals surface area contributed by atoms with Gasteiger partial charge in [-0.1, -0.05) is 96.3 Å². The molecule has 0 spiro atoms. The molecule has 3 fully saturated rings. The number of hydrogen-bond acceptors (Lipinski definition) is 19. The second kappa shape index (κ2) is 35.8. The normalized spacial score (nSPS) is 28.2. The van der Waals surface area contributed by atoms with E-state index in [0.29, 0.717) is 51.8 Å². The molecule has 2 aliphatic heterocycles. The molecule has 530 valence electrons. The van der Waals surface area contributed by atoms with Crippen LogP contribution in [0.3, 0.4) is 0 Å². The molecule has 28 heteroatoms. The van der Waals surface area contributed by atoms with Gasteiger partial charge in [0.2, 0.25) is 0 Å². The zero-order valence-corrected chi connectivity index (χ0v) is 58.3. The van der Waals surface area contributed by atoms with Gasteiger partial charge in [-0.05, 0) is 60.1 Å². The summed E-state index contributed by atoms with van der Waals surface area (Å²) < 4.78 is 46.8. The molecule has 3 aromatic rings. The lowest BCUT2D eigenvalue weighted by Gasteiger charge is -2.54. The van der Waals surface area contributed by atoms with Crippen molar-refractivity contribution in [2.45, 2.75) is 138 Å². The Bertz CT molecular complexity index is 2850. The summed E-state index contributed by atoms with van der Waals surface area (Å²) >= 11 is 20.7. The monoisotopic (exact) mass is 1390 g/mol. The van der Waals surface area contributed by atoms with Crippen LogP contribution in [-0.2, 0) is 67.2 Å². The summed E-state index contributed by atoms with van der Waals surface area (Å²) in [4.78, 5) is 41.6. The number of ether oxygens (including phenoxy) is 7. The minimum Gasteiger partial charge on any atom is -0.480 e. The van der Waals surface area contributed by atoms with Gasteiger partial charge in [-0.15, -0.1) is 0 Å². The zero-order valence-electron chi connectivity index (χ0n) is 56.1. The van der Waals surface area contributed by atoms with Crippen molar-refractivity contribution < 1.29 is 107 Å². The van der Waals surface area contributed by atoms with Crippen LogP contribution in [0.1, 0.15) is 37.0 Å². The first-order chi connectivity index (χ1) is 44.0. The Kier molecular flexibility index (Phi) is 30.1. The van der Waals surface area contributed by atoms with Gasteiger partial charge in [0.15, 0.2) is 6.29 Å². The second-order valence-electron chi connectivity index (χ2n) is 28.6. The van der Waals surface area contributed by atoms with Crippen LogP contribution in [0.4, 0.5) is 0 Å². The lowest BCUT2D eigenvalue weighted by atomic mass is 9.73. The van der Waals surface area contributed by atoms with Crippen molar-refractivity contribution in [1.29, 1.82) is 0 Å². The van der Waals surface area contributed by atoms with Crippen molar-refractivity contribution in [3.8, 4) is 0 Å². The number of aliphatic hydroxyl groups is 6. The van der Waals surface area contributed by atoms with Gasteiger partial charge < -0.3 is 92.6 Å². The lowest BCUT2D eigenvalue weighted by molar-refractivity contribution is -0.873. The first-order valence-corrected chi connectivity index (χ1v) is 33.0. The topological polar surface area (TPSA) is 308 Å². The van der Waals surface area contributed by atoms with Gasteiger partial charge >= 0.3 is 17.9 Å². The number of hydrogen-bond donors (Lipinski definition) is 9. The minimum atomic E-state index is -1.81. The molecule has 0 radical (unpaired) electrons. The average molecular weight is 1390 g/mol. The molecule has 9 N–H and O–H groups in total. The summed E-state index contributed by atoms with van der Waals surface area (Å²) in [6.45, 7) is 0.769. The third-order valence-electron chi connectivity index (χ3n) is 17.2. The Morgan fingerprint density at radius 3 is 1.26 bits per heavy atom. The molecule has 2 heterocycles. The lowest BCUT2D eigenvalue weighted by Crippen LogP contribution is -2.70. The number of carboxylic acid groups (broad SMARTS) is 3. The standard InChI is InChI=1S/C66H101Cl3N6O19/c1-40-45(34-88-37-55(79)80)24-52(59(61(40)85)71(29-47(77)32-74(6,7)8)26-43-19-13-16-22-50(43)68)92-64-54(36-90-39-57(83)84)93-66(60(63(64)87)72(30-48(78)33-75(9,10)11)27-44-20-14-17-23-51(44)69)94-65-53(35-89-38-56(81)82)91-41(2)58(62(65)86)70(28-46(76)31-73(3,4)5)25-42-18-12-15-21-49(42)67/h12-23,40-41,45-48,52-54,58-66,76-78,85-87H,24-39H2,1-11H3/p+3/t40-,41+,45-,46?,47?,48?,52-,53-,54-,58+,59+,60-,61+,62-,63-,64-,65-,66+/m1/s1. The third kappa shape index (κ3) is 24.3. The van der Waals surface area contributed by atoms with Crippen LogP contribution in [0, 0.1) is 11.8 Å². The van der Waals surface area contributed by atoms with E-state index in [4.69, 9.17) is 68.0 Å². The summed E-state index contributed by atoms with van der Waals surface area (Å²) in [5.74, 6) is -5.01. The molecule has 6 rings (SSSR count). The summed E-state index contributed by atoms with van der Waals surface area (Å²) in [5.41, 5.74) is 1.86. The van der Waals surface area contributed by atoms with Crippen LogP contribution < -0.4 is 0 Å². The van der Waals surface area contributed by atoms with Crippen LogP contribution in [0.25, 0.3) is 0 Å². The van der Waals surface area contributed by atoms with Crippen molar-refractivity contribution in [3.05, 3.63) is 105 Å². The van der Waals surface area contributed by atoms with E-state index in [1.54, 1.807) is 60.4 Å².